The SMILES string of the molecule is CCCCCC(NCCC)c1cnc2ccsc2c1. The Hall–Kier alpha value is -0.930. The van der Waals surface area contributed by atoms with Gasteiger partial charge in [-0.15, -0.1) is 11.3 Å². The van der Waals surface area contributed by atoms with E-state index in [1.54, 1.807) is 11.3 Å². The van der Waals surface area contributed by atoms with Crippen molar-refractivity contribution in [2.24, 2.45) is 0 Å². The van der Waals surface area contributed by atoms with Crippen LogP contribution in [0.5, 0.6) is 0 Å². The summed E-state index contributed by atoms with van der Waals surface area (Å²) in [5, 5.41) is 5.78. The molecule has 0 radical (unpaired) electrons. The van der Waals surface area contributed by atoms with E-state index in [1.165, 1.54) is 42.4 Å². The molecule has 0 spiro atoms. The van der Waals surface area contributed by atoms with Gasteiger partial charge < -0.3 is 5.32 Å². The number of pyridine rings is 1. The monoisotopic (exact) mass is 276 g/mol. The summed E-state index contributed by atoms with van der Waals surface area (Å²) < 4.78 is 1.30. The molecule has 0 fully saturated rings. The molecule has 2 aromatic heterocycles. The Kier molecular flexibility index (Phi) is 5.80. The Labute approximate surface area is 120 Å². The molecule has 2 aromatic rings. The Morgan fingerprint density at radius 3 is 2.95 bits per heavy atom. The lowest BCUT2D eigenvalue weighted by Crippen LogP contribution is -2.22. The largest absolute Gasteiger partial charge is 0.310 e. The highest BCUT2D eigenvalue weighted by molar-refractivity contribution is 7.17. The lowest BCUT2D eigenvalue weighted by atomic mass is 10.0. The van der Waals surface area contributed by atoms with Gasteiger partial charge in [0.05, 0.1) is 10.2 Å². The average molecular weight is 276 g/mol. The smallest absolute Gasteiger partial charge is 0.0809 e. The van der Waals surface area contributed by atoms with Crippen molar-refractivity contribution < 1.29 is 0 Å². The van der Waals surface area contributed by atoms with Crippen molar-refractivity contribution in [2.75, 3.05) is 6.54 Å². The Morgan fingerprint density at radius 2 is 2.16 bits per heavy atom. The molecule has 2 heterocycles. The Balaban J connectivity index is 2.10. The molecular weight excluding hydrogens is 252 g/mol. The minimum atomic E-state index is 0.463. The van der Waals surface area contributed by atoms with Gasteiger partial charge in [0.2, 0.25) is 0 Å². The van der Waals surface area contributed by atoms with Crippen LogP contribution in [0.4, 0.5) is 0 Å². The molecule has 0 bridgehead atoms. The van der Waals surface area contributed by atoms with Gasteiger partial charge in [0.25, 0.3) is 0 Å². The lowest BCUT2D eigenvalue weighted by molar-refractivity contribution is 0.474. The molecular formula is C16H24N2S. The number of thiophene rings is 1. The summed E-state index contributed by atoms with van der Waals surface area (Å²) in [6.45, 7) is 5.56. The quantitative estimate of drug-likeness (QED) is 0.692. The van der Waals surface area contributed by atoms with Crippen LogP contribution < -0.4 is 5.32 Å². The third-order valence-corrected chi connectivity index (χ3v) is 4.32. The van der Waals surface area contributed by atoms with Gasteiger partial charge >= 0.3 is 0 Å². The van der Waals surface area contributed by atoms with E-state index in [2.05, 4.69) is 41.7 Å². The van der Waals surface area contributed by atoms with Gasteiger partial charge in [-0.05, 0) is 42.5 Å². The van der Waals surface area contributed by atoms with E-state index in [1.807, 2.05) is 6.20 Å². The first-order valence-corrected chi connectivity index (χ1v) is 8.29. The average Bonchev–Trinajstić information content (AvgIpc) is 2.90. The van der Waals surface area contributed by atoms with Crippen LogP contribution in [0.3, 0.4) is 0 Å². The molecule has 0 amide bonds. The van der Waals surface area contributed by atoms with Crippen LogP contribution in [0.15, 0.2) is 23.7 Å². The van der Waals surface area contributed by atoms with Crippen LogP contribution in [0.25, 0.3) is 10.2 Å². The predicted molar refractivity (Wildman–Crippen MR) is 84.8 cm³/mol. The second-order valence-electron chi connectivity index (χ2n) is 5.08. The number of rotatable bonds is 8. The van der Waals surface area contributed by atoms with Gasteiger partial charge in [0, 0.05) is 12.2 Å². The molecule has 19 heavy (non-hydrogen) atoms. The Bertz CT molecular complexity index is 492. The van der Waals surface area contributed by atoms with Crippen LogP contribution in [0.1, 0.15) is 57.6 Å². The van der Waals surface area contributed by atoms with Crippen LogP contribution in [0.2, 0.25) is 0 Å². The molecule has 0 saturated heterocycles. The predicted octanol–water partition coefficient (Wildman–Crippen LogP) is 4.92. The van der Waals surface area contributed by atoms with Crippen LogP contribution in [-0.4, -0.2) is 11.5 Å². The second-order valence-corrected chi connectivity index (χ2v) is 6.02. The first-order valence-electron chi connectivity index (χ1n) is 7.41. The van der Waals surface area contributed by atoms with Gasteiger partial charge in [-0.1, -0.05) is 33.1 Å². The molecule has 3 heteroatoms. The maximum atomic E-state index is 4.57. The zero-order chi connectivity index (χ0) is 13.5. The van der Waals surface area contributed by atoms with Crippen LogP contribution >= 0.6 is 11.3 Å². The van der Waals surface area contributed by atoms with Crippen molar-refractivity contribution >= 4 is 21.6 Å². The fraction of sp³-hybridized carbons (Fsp3) is 0.562. The summed E-state index contributed by atoms with van der Waals surface area (Å²) >= 11 is 1.78. The summed E-state index contributed by atoms with van der Waals surface area (Å²) in [6.07, 6.45) is 8.34. The van der Waals surface area contributed by atoms with Crippen molar-refractivity contribution in [2.45, 2.75) is 52.0 Å². The van der Waals surface area contributed by atoms with Gasteiger partial charge in [0.1, 0.15) is 0 Å². The molecule has 1 unspecified atom stereocenters. The van der Waals surface area contributed by atoms with Crippen molar-refractivity contribution in [1.82, 2.24) is 10.3 Å². The summed E-state index contributed by atoms with van der Waals surface area (Å²) in [5.74, 6) is 0. The number of unbranched alkanes of at least 4 members (excludes halogenated alkanes) is 2. The van der Waals surface area contributed by atoms with Crippen molar-refractivity contribution in [3.63, 3.8) is 0 Å². The van der Waals surface area contributed by atoms with E-state index in [4.69, 9.17) is 0 Å². The van der Waals surface area contributed by atoms with Gasteiger partial charge in [-0.25, -0.2) is 0 Å². The first kappa shape index (κ1) is 14.5. The van der Waals surface area contributed by atoms with E-state index in [0.717, 1.165) is 12.1 Å². The maximum absolute atomic E-state index is 4.57. The fourth-order valence-corrected chi connectivity index (χ4v) is 3.14. The fourth-order valence-electron chi connectivity index (χ4n) is 2.36. The summed E-state index contributed by atoms with van der Waals surface area (Å²) in [5.41, 5.74) is 2.47. The molecule has 0 aliphatic rings. The molecule has 0 aromatic carbocycles. The van der Waals surface area contributed by atoms with Gasteiger partial charge in [-0.3, -0.25) is 4.98 Å². The van der Waals surface area contributed by atoms with Gasteiger partial charge in [-0.2, -0.15) is 0 Å². The number of hydrogen-bond donors (Lipinski definition) is 1. The van der Waals surface area contributed by atoms with Crippen LogP contribution in [-0.2, 0) is 0 Å². The highest BCUT2D eigenvalue weighted by atomic mass is 32.1. The van der Waals surface area contributed by atoms with E-state index < -0.39 is 0 Å². The highest BCUT2D eigenvalue weighted by Crippen LogP contribution is 2.25. The third-order valence-electron chi connectivity index (χ3n) is 3.46. The van der Waals surface area contributed by atoms with Crippen molar-refractivity contribution in [1.29, 1.82) is 0 Å². The second kappa shape index (κ2) is 7.61. The van der Waals surface area contributed by atoms with Gasteiger partial charge in [0.15, 0.2) is 0 Å². The first-order chi connectivity index (χ1) is 9.35. The summed E-state index contributed by atoms with van der Waals surface area (Å²) in [6, 6.07) is 4.87. The maximum Gasteiger partial charge on any atom is 0.0809 e. The number of fused-ring (bicyclic) bond motifs is 1. The normalized spacial score (nSPS) is 12.9. The van der Waals surface area contributed by atoms with E-state index in [-0.39, 0.29) is 0 Å². The molecule has 0 aliphatic carbocycles. The molecule has 2 rings (SSSR count). The molecule has 1 N–H and O–H groups in total. The van der Waals surface area contributed by atoms with E-state index in [0.29, 0.717) is 6.04 Å². The molecule has 1 atom stereocenters. The topological polar surface area (TPSA) is 24.9 Å². The summed E-state index contributed by atoms with van der Waals surface area (Å²) in [4.78, 5) is 4.57. The number of nitrogens with one attached hydrogen (secondary N) is 1. The lowest BCUT2D eigenvalue weighted by Gasteiger charge is -2.18. The minimum Gasteiger partial charge on any atom is -0.310 e. The van der Waals surface area contributed by atoms with Crippen molar-refractivity contribution in [3.8, 4) is 0 Å². The molecule has 2 nitrogen and oxygen atoms in total. The van der Waals surface area contributed by atoms with Crippen molar-refractivity contribution in [3.05, 3.63) is 29.3 Å². The zero-order valence-electron chi connectivity index (χ0n) is 12.0. The molecule has 0 saturated carbocycles. The molecule has 104 valence electrons. The third kappa shape index (κ3) is 4.02. The Morgan fingerprint density at radius 1 is 1.26 bits per heavy atom. The number of nitrogens with zero attached hydrogens (tertiary/aromatic N) is 1. The highest BCUT2D eigenvalue weighted by Gasteiger charge is 2.11. The summed E-state index contributed by atoms with van der Waals surface area (Å²) in [7, 11) is 0. The molecule has 0 aliphatic heterocycles. The number of hydrogen-bond acceptors (Lipinski definition) is 3. The van der Waals surface area contributed by atoms with E-state index in [9.17, 15) is 0 Å². The van der Waals surface area contributed by atoms with E-state index >= 15 is 0 Å². The minimum absolute atomic E-state index is 0.463. The van der Waals surface area contributed by atoms with Crippen LogP contribution in [0, 0.1) is 0 Å². The zero-order valence-corrected chi connectivity index (χ0v) is 12.8. The number of aromatic nitrogens is 1. The standard InChI is InChI=1S/C16H24N2S/c1-3-5-6-7-14(17-9-4-2)13-11-16-15(18-12-13)8-10-19-16/h8,10-12,14,17H,3-7,9H2,1-2H3.